The summed E-state index contributed by atoms with van der Waals surface area (Å²) in [7, 11) is 1.61. The first kappa shape index (κ1) is 25.3. The average molecular weight is 534 g/mol. The van der Waals surface area contributed by atoms with Gasteiger partial charge < -0.3 is 24.3 Å². The van der Waals surface area contributed by atoms with Gasteiger partial charge in [0.15, 0.2) is 0 Å². The summed E-state index contributed by atoms with van der Waals surface area (Å²) in [5.41, 5.74) is 5.40. The van der Waals surface area contributed by atoms with Crippen LogP contribution in [0.25, 0.3) is 11.5 Å². The number of methoxy groups -OCH3 is 1. The first-order valence-corrected chi connectivity index (χ1v) is 13.3. The molecule has 6 rings (SSSR count). The SMILES string of the molecule is CCOc1ccc(C2c3cccn3-c3c(c(C)nn3-c3ccccc3)CN2C(=O)Nc2cccc(OC)c2)cc1. The Kier molecular flexibility index (Phi) is 6.74. The predicted octanol–water partition coefficient (Wildman–Crippen LogP) is 6.52. The van der Waals surface area contributed by atoms with E-state index in [1.165, 1.54) is 0 Å². The molecule has 202 valence electrons. The lowest BCUT2D eigenvalue weighted by Crippen LogP contribution is -2.38. The molecular weight excluding hydrogens is 502 g/mol. The monoisotopic (exact) mass is 533 g/mol. The van der Waals surface area contributed by atoms with Gasteiger partial charge in [-0.05, 0) is 67.9 Å². The van der Waals surface area contributed by atoms with Crippen LogP contribution < -0.4 is 14.8 Å². The number of amides is 2. The molecule has 1 aliphatic heterocycles. The first-order chi connectivity index (χ1) is 19.6. The van der Waals surface area contributed by atoms with Crippen LogP contribution in [-0.2, 0) is 6.54 Å². The summed E-state index contributed by atoms with van der Waals surface area (Å²) in [5.74, 6) is 2.39. The summed E-state index contributed by atoms with van der Waals surface area (Å²) < 4.78 is 15.2. The molecule has 1 aliphatic rings. The number of carbonyl (C=O) groups is 1. The van der Waals surface area contributed by atoms with Crippen molar-refractivity contribution in [1.29, 1.82) is 0 Å². The van der Waals surface area contributed by atoms with Crippen molar-refractivity contribution in [2.75, 3.05) is 19.0 Å². The van der Waals surface area contributed by atoms with Crippen LogP contribution in [0.2, 0.25) is 0 Å². The Balaban J connectivity index is 1.50. The summed E-state index contributed by atoms with van der Waals surface area (Å²) in [6.07, 6.45) is 2.04. The number of benzene rings is 3. The van der Waals surface area contributed by atoms with E-state index in [0.717, 1.165) is 39.8 Å². The van der Waals surface area contributed by atoms with E-state index in [9.17, 15) is 4.79 Å². The number of ether oxygens (including phenoxy) is 2. The van der Waals surface area contributed by atoms with Crippen molar-refractivity contribution in [1.82, 2.24) is 19.2 Å². The molecule has 1 atom stereocenters. The molecule has 40 heavy (non-hydrogen) atoms. The maximum atomic E-state index is 14.1. The lowest BCUT2D eigenvalue weighted by atomic mass is 10.0. The second-order valence-electron chi connectivity index (χ2n) is 9.63. The van der Waals surface area contributed by atoms with Crippen molar-refractivity contribution in [3.05, 3.63) is 120 Å². The van der Waals surface area contributed by atoms with Gasteiger partial charge in [-0.1, -0.05) is 36.4 Å². The molecule has 0 bridgehead atoms. The zero-order valence-corrected chi connectivity index (χ0v) is 22.7. The summed E-state index contributed by atoms with van der Waals surface area (Å²) in [4.78, 5) is 16.0. The Morgan fingerprint density at radius 3 is 2.52 bits per heavy atom. The Bertz CT molecular complexity index is 1640. The standard InChI is InChI=1S/C32H31N5O3/c1-4-40-26-17-15-23(16-18-26)30-29-14-9-19-35(29)31-28(22(2)34-37(31)25-11-6-5-7-12-25)21-36(30)32(38)33-24-10-8-13-27(20-24)39-3/h5-20,30H,4,21H2,1-3H3,(H,33,38). The van der Waals surface area contributed by atoms with E-state index in [0.29, 0.717) is 24.6 Å². The number of carbonyl (C=O) groups excluding carboxylic acids is 1. The van der Waals surface area contributed by atoms with Crippen molar-refractivity contribution in [2.24, 2.45) is 0 Å². The second-order valence-corrected chi connectivity index (χ2v) is 9.63. The molecule has 1 N–H and O–H groups in total. The number of nitrogens with one attached hydrogen (secondary N) is 1. The quantitative estimate of drug-likeness (QED) is 0.270. The van der Waals surface area contributed by atoms with Gasteiger partial charge in [0, 0.05) is 23.5 Å². The van der Waals surface area contributed by atoms with E-state index in [1.54, 1.807) is 7.11 Å². The molecule has 8 nitrogen and oxygen atoms in total. The summed E-state index contributed by atoms with van der Waals surface area (Å²) in [5, 5.41) is 8.02. The van der Waals surface area contributed by atoms with Gasteiger partial charge in [-0.25, -0.2) is 9.48 Å². The van der Waals surface area contributed by atoms with Crippen LogP contribution in [0, 0.1) is 6.92 Å². The summed E-state index contributed by atoms with van der Waals surface area (Å²) >= 11 is 0. The number of aryl methyl sites for hydroxylation is 1. The second kappa shape index (κ2) is 10.6. The molecular formula is C32H31N5O3. The molecule has 0 aliphatic carbocycles. The van der Waals surface area contributed by atoms with Crippen LogP contribution in [0.1, 0.15) is 35.5 Å². The minimum Gasteiger partial charge on any atom is -0.497 e. The highest BCUT2D eigenvalue weighted by molar-refractivity contribution is 5.90. The van der Waals surface area contributed by atoms with Gasteiger partial charge in [-0.3, -0.25) is 0 Å². The third-order valence-corrected chi connectivity index (χ3v) is 7.18. The fraction of sp³-hybridized carbons (Fsp3) is 0.188. The molecule has 0 radical (unpaired) electrons. The first-order valence-electron chi connectivity index (χ1n) is 13.3. The molecule has 5 aromatic rings. The van der Waals surface area contributed by atoms with Crippen molar-refractivity contribution in [2.45, 2.75) is 26.4 Å². The van der Waals surface area contributed by atoms with E-state index in [-0.39, 0.29) is 12.1 Å². The molecule has 0 spiro atoms. The van der Waals surface area contributed by atoms with Gasteiger partial charge in [0.2, 0.25) is 0 Å². The van der Waals surface area contributed by atoms with Crippen molar-refractivity contribution < 1.29 is 14.3 Å². The highest BCUT2D eigenvalue weighted by Crippen LogP contribution is 2.39. The maximum Gasteiger partial charge on any atom is 0.322 e. The van der Waals surface area contributed by atoms with E-state index < -0.39 is 0 Å². The zero-order valence-electron chi connectivity index (χ0n) is 22.7. The summed E-state index contributed by atoms with van der Waals surface area (Å²) in [6, 6.07) is 28.9. The fourth-order valence-corrected chi connectivity index (χ4v) is 5.31. The molecule has 2 aromatic heterocycles. The lowest BCUT2D eigenvalue weighted by molar-refractivity contribution is 0.194. The number of nitrogens with zero attached hydrogens (tertiary/aromatic N) is 4. The molecule has 3 aromatic carbocycles. The molecule has 8 heteroatoms. The largest absolute Gasteiger partial charge is 0.497 e. The number of para-hydroxylation sites is 1. The van der Waals surface area contributed by atoms with Gasteiger partial charge in [0.25, 0.3) is 0 Å². The van der Waals surface area contributed by atoms with Crippen LogP contribution in [-0.4, -0.2) is 39.0 Å². The van der Waals surface area contributed by atoms with Crippen molar-refractivity contribution in [3.8, 4) is 23.0 Å². The number of urea groups is 1. The molecule has 0 fully saturated rings. The number of hydrogen-bond donors (Lipinski definition) is 1. The summed E-state index contributed by atoms with van der Waals surface area (Å²) in [6.45, 7) is 4.91. The van der Waals surface area contributed by atoms with Crippen molar-refractivity contribution >= 4 is 11.7 Å². The van der Waals surface area contributed by atoms with Crippen LogP contribution in [0.15, 0.2) is 97.2 Å². The van der Waals surface area contributed by atoms with Crippen LogP contribution >= 0.6 is 0 Å². The van der Waals surface area contributed by atoms with Crippen LogP contribution in [0.5, 0.6) is 11.5 Å². The minimum atomic E-state index is -0.368. The Morgan fingerprint density at radius 1 is 0.975 bits per heavy atom. The third kappa shape index (κ3) is 4.58. The third-order valence-electron chi connectivity index (χ3n) is 7.18. The maximum absolute atomic E-state index is 14.1. The van der Waals surface area contributed by atoms with E-state index in [4.69, 9.17) is 14.6 Å². The van der Waals surface area contributed by atoms with Crippen LogP contribution in [0.3, 0.4) is 0 Å². The molecule has 1 unspecified atom stereocenters. The molecule has 0 saturated heterocycles. The van der Waals surface area contributed by atoms with E-state index in [2.05, 4.69) is 16.0 Å². The van der Waals surface area contributed by atoms with Gasteiger partial charge in [-0.2, -0.15) is 5.10 Å². The van der Waals surface area contributed by atoms with Gasteiger partial charge in [-0.15, -0.1) is 0 Å². The Hall–Kier alpha value is -4.98. The molecule has 0 saturated carbocycles. The highest BCUT2D eigenvalue weighted by Gasteiger charge is 2.36. The van der Waals surface area contributed by atoms with Gasteiger partial charge in [0.05, 0.1) is 43.4 Å². The average Bonchev–Trinajstić information content (AvgIpc) is 3.54. The Morgan fingerprint density at radius 2 is 1.77 bits per heavy atom. The Labute approximate surface area is 233 Å². The smallest absolute Gasteiger partial charge is 0.322 e. The topological polar surface area (TPSA) is 73.5 Å². The zero-order chi connectivity index (χ0) is 27.6. The molecule has 2 amide bonds. The lowest BCUT2D eigenvalue weighted by Gasteiger charge is -2.31. The fourth-order valence-electron chi connectivity index (χ4n) is 5.31. The van der Waals surface area contributed by atoms with E-state index >= 15 is 0 Å². The van der Waals surface area contributed by atoms with Gasteiger partial charge >= 0.3 is 6.03 Å². The number of fused-ring (bicyclic) bond motifs is 3. The van der Waals surface area contributed by atoms with Crippen molar-refractivity contribution in [3.63, 3.8) is 0 Å². The van der Waals surface area contributed by atoms with E-state index in [1.807, 2.05) is 115 Å². The number of rotatable bonds is 6. The number of anilines is 1. The highest BCUT2D eigenvalue weighted by atomic mass is 16.5. The molecule has 3 heterocycles. The predicted molar refractivity (Wildman–Crippen MR) is 155 cm³/mol. The minimum absolute atomic E-state index is 0.223. The number of hydrogen-bond acceptors (Lipinski definition) is 4. The van der Waals surface area contributed by atoms with Gasteiger partial charge in [0.1, 0.15) is 17.3 Å². The normalized spacial score (nSPS) is 14.2. The van der Waals surface area contributed by atoms with Crippen LogP contribution in [0.4, 0.5) is 10.5 Å². The number of aromatic nitrogens is 3.